The number of rotatable bonds is 11. The van der Waals surface area contributed by atoms with Gasteiger partial charge in [0.15, 0.2) is 6.61 Å². The highest BCUT2D eigenvalue weighted by Gasteiger charge is 2.29. The summed E-state index contributed by atoms with van der Waals surface area (Å²) in [5.74, 6) is 0.619. The summed E-state index contributed by atoms with van der Waals surface area (Å²) in [6, 6.07) is 8.54. The number of nitrogens with zero attached hydrogens (tertiary/aromatic N) is 2. The summed E-state index contributed by atoms with van der Waals surface area (Å²) in [5, 5.41) is 3.41. The lowest BCUT2D eigenvalue weighted by Gasteiger charge is -2.16. The minimum atomic E-state index is -4.58. The molecule has 0 amide bonds. The number of nitrogens with one attached hydrogen (secondary N) is 2. The number of anilines is 2. The predicted molar refractivity (Wildman–Crippen MR) is 119 cm³/mol. The molecule has 0 atom stereocenters. The quantitative estimate of drug-likeness (QED) is 0.384. The van der Waals surface area contributed by atoms with Crippen molar-refractivity contribution in [3.63, 3.8) is 0 Å². The molecule has 0 aliphatic rings. The number of sulfonamides is 1. The van der Waals surface area contributed by atoms with Gasteiger partial charge in [0, 0.05) is 31.6 Å². The molecule has 0 saturated carbocycles. The van der Waals surface area contributed by atoms with E-state index >= 15 is 0 Å². The van der Waals surface area contributed by atoms with E-state index in [2.05, 4.69) is 20.0 Å². The molecule has 0 aliphatic heterocycles. The molecule has 0 bridgehead atoms. The lowest BCUT2D eigenvalue weighted by Crippen LogP contribution is -2.20. The number of hydrogen-bond donors (Lipinski definition) is 2. The number of benzene rings is 2. The van der Waals surface area contributed by atoms with Crippen LogP contribution in [0.2, 0.25) is 0 Å². The molecule has 0 aliphatic carbocycles. The van der Waals surface area contributed by atoms with Crippen LogP contribution >= 0.6 is 0 Å². The monoisotopic (exact) mass is 500 g/mol. The van der Waals surface area contributed by atoms with Crippen LogP contribution in [0.3, 0.4) is 0 Å². The molecule has 9 nitrogen and oxygen atoms in total. The Morgan fingerprint density at radius 3 is 2.53 bits per heavy atom. The number of alkyl halides is 3. The average molecular weight is 500 g/mol. The van der Waals surface area contributed by atoms with Gasteiger partial charge in [-0.25, -0.2) is 23.1 Å². The third-order valence-corrected chi connectivity index (χ3v) is 5.96. The Bertz CT molecular complexity index is 1240. The van der Waals surface area contributed by atoms with Gasteiger partial charge in [0.05, 0.1) is 22.7 Å². The molecule has 0 saturated heterocycles. The molecule has 34 heavy (non-hydrogen) atoms. The fourth-order valence-corrected chi connectivity index (χ4v) is 3.68. The van der Waals surface area contributed by atoms with Crippen LogP contribution in [0.15, 0.2) is 47.6 Å². The second-order valence-electron chi connectivity index (χ2n) is 6.99. The average Bonchev–Trinajstić information content (AvgIpc) is 2.80. The molecule has 3 rings (SSSR count). The van der Waals surface area contributed by atoms with Crippen molar-refractivity contribution < 1.29 is 35.8 Å². The Kier molecular flexibility index (Phi) is 8.12. The summed E-state index contributed by atoms with van der Waals surface area (Å²) in [6.45, 7) is -0.541. The molecule has 184 valence electrons. The number of ether oxygens (including phenoxy) is 3. The summed E-state index contributed by atoms with van der Waals surface area (Å²) in [7, 11) is -1.03. The minimum absolute atomic E-state index is 0.0135. The highest BCUT2D eigenvalue weighted by molar-refractivity contribution is 7.89. The van der Waals surface area contributed by atoms with Gasteiger partial charge in [0.25, 0.3) is 0 Å². The van der Waals surface area contributed by atoms with Gasteiger partial charge in [0.2, 0.25) is 10.0 Å². The smallest absolute Gasteiger partial charge is 0.422 e. The molecule has 1 aromatic heterocycles. The van der Waals surface area contributed by atoms with E-state index in [1.165, 1.54) is 19.4 Å². The normalized spacial score (nSPS) is 12.0. The van der Waals surface area contributed by atoms with Crippen molar-refractivity contribution >= 4 is 32.4 Å². The maximum absolute atomic E-state index is 12.7. The van der Waals surface area contributed by atoms with Crippen molar-refractivity contribution in [3.8, 4) is 11.5 Å². The van der Waals surface area contributed by atoms with Crippen LogP contribution in [-0.2, 0) is 14.8 Å². The first-order valence-electron chi connectivity index (χ1n) is 10.0. The Morgan fingerprint density at radius 1 is 1.03 bits per heavy atom. The summed E-state index contributed by atoms with van der Waals surface area (Å²) in [6.07, 6.45) is -2.60. The SMILES string of the molecule is CNS(=O)(=O)c1ccc(OCC(F)(F)F)c(Nc2ncnc3cc(OCCCOC)ccc23)c1. The number of halogens is 3. The lowest BCUT2D eigenvalue weighted by atomic mass is 10.2. The van der Waals surface area contributed by atoms with E-state index in [4.69, 9.17) is 14.2 Å². The zero-order chi connectivity index (χ0) is 24.8. The van der Waals surface area contributed by atoms with E-state index in [0.29, 0.717) is 36.3 Å². The minimum Gasteiger partial charge on any atom is -0.493 e. The zero-order valence-corrected chi connectivity index (χ0v) is 19.2. The molecule has 0 fully saturated rings. The van der Waals surface area contributed by atoms with Crippen LogP contribution in [0.25, 0.3) is 10.9 Å². The Balaban J connectivity index is 1.94. The van der Waals surface area contributed by atoms with Crippen LogP contribution in [0.4, 0.5) is 24.7 Å². The van der Waals surface area contributed by atoms with Crippen LogP contribution in [0.1, 0.15) is 6.42 Å². The third kappa shape index (κ3) is 6.68. The second-order valence-corrected chi connectivity index (χ2v) is 8.88. The summed E-state index contributed by atoms with van der Waals surface area (Å²) in [4.78, 5) is 8.20. The first kappa shape index (κ1) is 25.5. The highest BCUT2D eigenvalue weighted by atomic mass is 32.2. The van der Waals surface area contributed by atoms with Gasteiger partial charge >= 0.3 is 6.18 Å². The lowest BCUT2D eigenvalue weighted by molar-refractivity contribution is -0.153. The predicted octanol–water partition coefficient (Wildman–Crippen LogP) is 3.64. The molecule has 13 heteroatoms. The topological polar surface area (TPSA) is 112 Å². The van der Waals surface area contributed by atoms with Crippen molar-refractivity contribution in [2.24, 2.45) is 0 Å². The third-order valence-electron chi connectivity index (χ3n) is 4.54. The van der Waals surface area contributed by atoms with Gasteiger partial charge in [-0.15, -0.1) is 0 Å². The van der Waals surface area contributed by atoms with Crippen molar-refractivity contribution in [2.75, 3.05) is 39.3 Å². The van der Waals surface area contributed by atoms with Crippen LogP contribution in [0.5, 0.6) is 11.5 Å². The summed E-state index contributed by atoms with van der Waals surface area (Å²) < 4.78 is 80.2. The summed E-state index contributed by atoms with van der Waals surface area (Å²) >= 11 is 0. The Morgan fingerprint density at radius 2 is 1.82 bits per heavy atom. The van der Waals surface area contributed by atoms with Crippen LogP contribution in [-0.4, -0.2) is 58.5 Å². The Hall–Kier alpha value is -3.16. The largest absolute Gasteiger partial charge is 0.493 e. The van der Waals surface area contributed by atoms with E-state index in [9.17, 15) is 21.6 Å². The van der Waals surface area contributed by atoms with E-state index in [0.717, 1.165) is 12.1 Å². The number of aromatic nitrogens is 2. The number of fused-ring (bicyclic) bond motifs is 1. The van der Waals surface area contributed by atoms with Crippen LogP contribution < -0.4 is 19.5 Å². The van der Waals surface area contributed by atoms with Gasteiger partial charge in [-0.3, -0.25) is 0 Å². The van der Waals surface area contributed by atoms with Crippen molar-refractivity contribution in [1.82, 2.24) is 14.7 Å². The highest BCUT2D eigenvalue weighted by Crippen LogP contribution is 2.33. The standard InChI is InChI=1S/C21H23F3N4O5S/c1-25-34(29,30)15-5-7-19(33-12-21(22,23)24)18(11-15)28-20-16-6-4-14(32-9-3-8-31-2)10-17(16)26-13-27-20/h4-7,10-11,13,25H,3,8-9,12H2,1-2H3,(H,26,27,28). The number of hydrogen-bond acceptors (Lipinski definition) is 8. The van der Waals surface area contributed by atoms with Gasteiger partial charge < -0.3 is 19.5 Å². The van der Waals surface area contributed by atoms with Gasteiger partial charge in [-0.05, 0) is 37.4 Å². The molecule has 3 aromatic rings. The van der Waals surface area contributed by atoms with E-state index < -0.39 is 22.8 Å². The first-order chi connectivity index (χ1) is 16.1. The van der Waals surface area contributed by atoms with Crippen LogP contribution in [0, 0.1) is 0 Å². The molecule has 0 radical (unpaired) electrons. The molecule has 0 spiro atoms. The fraction of sp³-hybridized carbons (Fsp3) is 0.333. The molecule has 0 unspecified atom stereocenters. The van der Waals surface area contributed by atoms with Crippen molar-refractivity contribution in [2.45, 2.75) is 17.5 Å². The number of methoxy groups -OCH3 is 1. The zero-order valence-electron chi connectivity index (χ0n) is 18.3. The molecular formula is C21H23F3N4O5S. The van der Waals surface area contributed by atoms with Gasteiger partial charge in [0.1, 0.15) is 23.6 Å². The van der Waals surface area contributed by atoms with Gasteiger partial charge in [-0.2, -0.15) is 13.2 Å². The molecule has 2 N–H and O–H groups in total. The van der Waals surface area contributed by atoms with Crippen molar-refractivity contribution in [1.29, 1.82) is 0 Å². The maximum Gasteiger partial charge on any atom is 0.422 e. The molecular weight excluding hydrogens is 477 g/mol. The first-order valence-corrected chi connectivity index (χ1v) is 11.5. The van der Waals surface area contributed by atoms with E-state index in [1.54, 1.807) is 25.3 Å². The maximum atomic E-state index is 12.7. The fourth-order valence-electron chi connectivity index (χ4n) is 2.92. The van der Waals surface area contributed by atoms with E-state index in [1.807, 2.05) is 0 Å². The molecule has 2 aromatic carbocycles. The van der Waals surface area contributed by atoms with Gasteiger partial charge in [-0.1, -0.05) is 0 Å². The van der Waals surface area contributed by atoms with E-state index in [-0.39, 0.29) is 22.2 Å². The Labute approximate surface area is 194 Å². The second kappa shape index (κ2) is 10.8. The molecule has 1 heterocycles. The summed E-state index contributed by atoms with van der Waals surface area (Å²) in [5.41, 5.74) is 0.499. The van der Waals surface area contributed by atoms with Crippen molar-refractivity contribution in [3.05, 3.63) is 42.7 Å².